The number of phenols is 1. The number of nitrogens with zero attached hydrogens (tertiary/aromatic N) is 1. The maximum Gasteiger partial charge on any atom is 0.420 e. The number of rotatable bonds is 2. The number of amides is 1. The van der Waals surface area contributed by atoms with E-state index >= 15 is 0 Å². The van der Waals surface area contributed by atoms with Crippen LogP contribution in [0.3, 0.4) is 0 Å². The molecular weight excluding hydrogens is 446 g/mol. The number of phenolic OH excluding ortho intramolecular Hbond substituents is 1. The van der Waals surface area contributed by atoms with Gasteiger partial charge in [-0.2, -0.15) is 0 Å². The number of benzene rings is 2. The molecule has 1 saturated heterocycles. The molecule has 1 saturated carbocycles. The lowest BCUT2D eigenvalue weighted by Crippen LogP contribution is -2.63. The molecule has 0 unspecified atom stereocenters. The third-order valence-electron chi connectivity index (χ3n) is 7.06. The Bertz CT molecular complexity index is 1410. The van der Waals surface area contributed by atoms with Gasteiger partial charge in [-0.3, -0.25) is 9.69 Å². The van der Waals surface area contributed by atoms with Gasteiger partial charge in [-0.15, -0.1) is 0 Å². The highest BCUT2D eigenvalue weighted by Gasteiger charge is 2.87. The molecule has 0 spiro atoms. The predicted molar refractivity (Wildman–Crippen MR) is 125 cm³/mol. The van der Waals surface area contributed by atoms with Crippen LogP contribution in [0.5, 0.6) is 11.5 Å². The zero-order chi connectivity index (χ0) is 24.3. The first-order valence-electron chi connectivity index (χ1n) is 11.4. The molecule has 4 aliphatic rings. The Balaban J connectivity index is 1.60. The molecule has 174 valence electrons. The highest BCUT2D eigenvalue weighted by molar-refractivity contribution is 5.95. The SMILES string of the molecule is CC(=O)O[C@@]12C#C/C=C\C#C[C@@H]3N(C(=O)Oc4ccccc4)c4cc(O)ccc4[C@]14O[C@@]34CCC2. The Labute approximate surface area is 202 Å². The smallest absolute Gasteiger partial charge is 0.420 e. The van der Waals surface area contributed by atoms with Crippen LogP contribution < -0.4 is 9.64 Å². The number of anilines is 1. The second-order valence-corrected chi connectivity index (χ2v) is 8.99. The van der Waals surface area contributed by atoms with Crippen LogP contribution in [-0.2, 0) is 19.9 Å². The van der Waals surface area contributed by atoms with Gasteiger partial charge < -0.3 is 19.3 Å². The molecule has 2 aliphatic heterocycles. The van der Waals surface area contributed by atoms with Crippen LogP contribution in [0.2, 0.25) is 0 Å². The summed E-state index contributed by atoms with van der Waals surface area (Å²) in [5.74, 6) is 12.2. The van der Waals surface area contributed by atoms with Crippen LogP contribution in [0.15, 0.2) is 60.7 Å². The number of allylic oxidation sites excluding steroid dienone is 2. The van der Waals surface area contributed by atoms with Crippen molar-refractivity contribution in [3.8, 4) is 35.2 Å². The number of carbonyl (C=O) groups is 2. The maximum absolute atomic E-state index is 13.6. The van der Waals surface area contributed by atoms with Gasteiger partial charge in [0.05, 0.1) is 5.69 Å². The molecule has 4 bridgehead atoms. The van der Waals surface area contributed by atoms with Gasteiger partial charge >= 0.3 is 12.1 Å². The Morgan fingerprint density at radius 2 is 1.91 bits per heavy atom. The van der Waals surface area contributed by atoms with Gasteiger partial charge in [-0.1, -0.05) is 42.0 Å². The molecule has 0 radical (unpaired) electrons. The van der Waals surface area contributed by atoms with Gasteiger partial charge in [-0.05, 0) is 49.1 Å². The van der Waals surface area contributed by atoms with Crippen molar-refractivity contribution in [1.82, 2.24) is 0 Å². The van der Waals surface area contributed by atoms with Crippen molar-refractivity contribution >= 4 is 17.7 Å². The summed E-state index contributed by atoms with van der Waals surface area (Å²) in [6.45, 7) is 1.35. The predicted octanol–water partition coefficient (Wildman–Crippen LogP) is 3.81. The average molecular weight is 467 g/mol. The van der Waals surface area contributed by atoms with Gasteiger partial charge in [0, 0.05) is 25.0 Å². The Hall–Kier alpha value is -4.20. The maximum atomic E-state index is 13.6. The first kappa shape index (κ1) is 21.3. The van der Waals surface area contributed by atoms with E-state index in [9.17, 15) is 14.7 Å². The summed E-state index contributed by atoms with van der Waals surface area (Å²) in [4.78, 5) is 27.4. The standard InChI is InChI=1S/C28H21NO6/c1-19(30)34-26-15-8-3-2-7-12-24-27(17-9-16-26)28(26,35-27)22-14-13-20(31)18-23(22)29(24)25(32)33-21-10-5-4-6-11-21/h2-6,10-11,13-14,18,24,31H,9,16-17H2,1H3/b3-2-/t24-,26+,27-,28-/m0/s1. The molecular formula is C28H21NO6. The number of esters is 1. The number of hydrogen-bond acceptors (Lipinski definition) is 6. The van der Waals surface area contributed by atoms with E-state index in [0.717, 1.165) is 0 Å². The second-order valence-electron chi connectivity index (χ2n) is 8.99. The lowest BCUT2D eigenvalue weighted by Gasteiger charge is -2.47. The number of aromatic hydroxyl groups is 1. The zero-order valence-corrected chi connectivity index (χ0v) is 18.9. The van der Waals surface area contributed by atoms with Crippen molar-refractivity contribution in [2.24, 2.45) is 0 Å². The normalized spacial score (nSPS) is 31.7. The van der Waals surface area contributed by atoms with E-state index in [1.54, 1.807) is 42.5 Å². The molecule has 6 rings (SSSR count). The topological polar surface area (TPSA) is 88.6 Å². The highest BCUT2D eigenvalue weighted by atomic mass is 16.7. The van der Waals surface area contributed by atoms with Crippen molar-refractivity contribution in [1.29, 1.82) is 0 Å². The second kappa shape index (κ2) is 7.40. The number of hydrogen-bond donors (Lipinski definition) is 1. The highest BCUT2D eigenvalue weighted by Crippen LogP contribution is 2.74. The fourth-order valence-electron chi connectivity index (χ4n) is 5.86. The molecule has 1 amide bonds. The molecule has 7 heteroatoms. The monoisotopic (exact) mass is 467 g/mol. The molecule has 2 aromatic rings. The molecule has 1 N–H and O–H groups in total. The number of carbonyl (C=O) groups excluding carboxylic acids is 2. The average Bonchev–Trinajstić information content (AvgIpc) is 3.54. The van der Waals surface area contributed by atoms with Crippen molar-refractivity contribution in [3.05, 3.63) is 66.2 Å². The first-order chi connectivity index (χ1) is 16.9. The molecule has 2 heterocycles. The van der Waals surface area contributed by atoms with Crippen molar-refractivity contribution in [2.45, 2.75) is 49.0 Å². The number of para-hydroxylation sites is 1. The Morgan fingerprint density at radius 3 is 2.71 bits per heavy atom. The summed E-state index contributed by atoms with van der Waals surface area (Å²) in [7, 11) is 0. The largest absolute Gasteiger partial charge is 0.508 e. The van der Waals surface area contributed by atoms with E-state index in [4.69, 9.17) is 14.2 Å². The van der Waals surface area contributed by atoms with Gasteiger partial charge in [-0.25, -0.2) is 4.79 Å². The summed E-state index contributed by atoms with van der Waals surface area (Å²) < 4.78 is 18.3. The minimum absolute atomic E-state index is 0.0375. The summed E-state index contributed by atoms with van der Waals surface area (Å²) in [6, 6.07) is 12.7. The van der Waals surface area contributed by atoms with Crippen molar-refractivity contribution in [3.63, 3.8) is 0 Å². The third kappa shape index (κ3) is 2.86. The minimum atomic E-state index is -1.28. The van der Waals surface area contributed by atoms with E-state index in [-0.39, 0.29) is 5.75 Å². The Morgan fingerprint density at radius 1 is 1.11 bits per heavy atom. The van der Waals surface area contributed by atoms with Crippen LogP contribution in [0.1, 0.15) is 31.7 Å². The number of ether oxygens (including phenoxy) is 3. The number of epoxide rings is 1. The van der Waals surface area contributed by atoms with Crippen LogP contribution >= 0.6 is 0 Å². The Kier molecular flexibility index (Phi) is 4.51. The quantitative estimate of drug-likeness (QED) is 0.411. The van der Waals surface area contributed by atoms with Crippen LogP contribution in [-0.4, -0.2) is 34.4 Å². The zero-order valence-electron chi connectivity index (χ0n) is 18.9. The summed E-state index contributed by atoms with van der Waals surface area (Å²) >= 11 is 0. The van der Waals surface area contributed by atoms with Gasteiger partial charge in [0.1, 0.15) is 23.1 Å². The molecule has 0 aromatic heterocycles. The van der Waals surface area contributed by atoms with E-state index < -0.39 is 34.9 Å². The van der Waals surface area contributed by atoms with Gasteiger partial charge in [0.25, 0.3) is 0 Å². The molecule has 2 fully saturated rings. The van der Waals surface area contributed by atoms with Crippen LogP contribution in [0, 0.1) is 23.7 Å². The van der Waals surface area contributed by atoms with Gasteiger partial charge in [0.15, 0.2) is 5.60 Å². The van der Waals surface area contributed by atoms with E-state index in [1.807, 2.05) is 6.07 Å². The molecule has 35 heavy (non-hydrogen) atoms. The lowest BCUT2D eigenvalue weighted by atomic mass is 9.61. The minimum Gasteiger partial charge on any atom is -0.508 e. The van der Waals surface area contributed by atoms with Gasteiger partial charge in [0.2, 0.25) is 5.60 Å². The van der Waals surface area contributed by atoms with E-state index in [1.165, 1.54) is 24.0 Å². The summed E-state index contributed by atoms with van der Waals surface area (Å²) in [5, 5.41) is 10.4. The summed E-state index contributed by atoms with van der Waals surface area (Å²) in [5.41, 5.74) is -2.41. The fourth-order valence-corrected chi connectivity index (χ4v) is 5.86. The molecule has 2 aromatic carbocycles. The fraction of sp³-hybridized carbons (Fsp3) is 0.286. The van der Waals surface area contributed by atoms with Crippen molar-refractivity contribution in [2.75, 3.05) is 4.90 Å². The lowest BCUT2D eigenvalue weighted by molar-refractivity contribution is -0.160. The van der Waals surface area contributed by atoms with Crippen molar-refractivity contribution < 1.29 is 28.9 Å². The van der Waals surface area contributed by atoms with Crippen LogP contribution in [0.4, 0.5) is 10.5 Å². The van der Waals surface area contributed by atoms with Crippen LogP contribution in [0.25, 0.3) is 0 Å². The third-order valence-corrected chi connectivity index (χ3v) is 7.06. The number of fused-ring (bicyclic) bond motifs is 1. The van der Waals surface area contributed by atoms with E-state index in [0.29, 0.717) is 36.3 Å². The molecule has 2 aliphatic carbocycles. The summed E-state index contributed by atoms with van der Waals surface area (Å²) in [6.07, 6.45) is 4.23. The molecule has 7 nitrogen and oxygen atoms in total. The molecule has 4 atom stereocenters. The first-order valence-corrected chi connectivity index (χ1v) is 11.4. The van der Waals surface area contributed by atoms with E-state index in [2.05, 4.69) is 23.7 Å².